The van der Waals surface area contributed by atoms with Crippen LogP contribution in [0.4, 0.5) is 17.3 Å². The predicted octanol–water partition coefficient (Wildman–Crippen LogP) is 4.52. The monoisotopic (exact) mass is 354 g/mol. The number of rotatable bonds is 2. The van der Waals surface area contributed by atoms with Crippen LogP contribution in [0.3, 0.4) is 0 Å². The van der Waals surface area contributed by atoms with Gasteiger partial charge in [-0.2, -0.15) is 0 Å². The van der Waals surface area contributed by atoms with Crippen molar-refractivity contribution in [3.05, 3.63) is 39.6 Å². The summed E-state index contributed by atoms with van der Waals surface area (Å²) < 4.78 is 0.933. The number of anilines is 3. The third kappa shape index (κ3) is 3.61. The van der Waals surface area contributed by atoms with Gasteiger partial charge in [0.2, 0.25) is 0 Å². The number of nitrogens with zero attached hydrogens (tertiary/aromatic N) is 2. The number of nitrogen functional groups attached to an aromatic ring is 1. The number of hydrogen-bond acceptors (Lipinski definition) is 4. The molecule has 0 radical (unpaired) electrons. The third-order valence-electron chi connectivity index (χ3n) is 2.61. The Hall–Kier alpha value is -1.33. The van der Waals surface area contributed by atoms with Crippen molar-refractivity contribution in [3.8, 4) is 0 Å². The Morgan fingerprint density at radius 1 is 1.20 bits per heavy atom. The molecule has 1 aromatic carbocycles. The SMILES string of the molecule is CC(C)(C)c1nc(N)cc(Nc2cc(Br)ccc2Cl)n1. The Morgan fingerprint density at radius 3 is 2.55 bits per heavy atom. The van der Waals surface area contributed by atoms with E-state index in [0.29, 0.717) is 22.5 Å². The molecule has 2 rings (SSSR count). The minimum Gasteiger partial charge on any atom is -0.384 e. The van der Waals surface area contributed by atoms with Crippen LogP contribution >= 0.6 is 27.5 Å². The molecule has 4 nitrogen and oxygen atoms in total. The first-order valence-electron chi connectivity index (χ1n) is 6.13. The highest BCUT2D eigenvalue weighted by Gasteiger charge is 2.18. The molecule has 0 bridgehead atoms. The summed E-state index contributed by atoms with van der Waals surface area (Å²) >= 11 is 9.57. The maximum atomic E-state index is 6.16. The molecule has 2 aromatic rings. The normalized spacial score (nSPS) is 11.4. The van der Waals surface area contributed by atoms with E-state index in [9.17, 15) is 0 Å². The zero-order valence-electron chi connectivity index (χ0n) is 11.5. The van der Waals surface area contributed by atoms with Gasteiger partial charge in [-0.25, -0.2) is 9.97 Å². The molecule has 1 heterocycles. The van der Waals surface area contributed by atoms with E-state index in [1.165, 1.54) is 0 Å². The van der Waals surface area contributed by atoms with Gasteiger partial charge in [0.1, 0.15) is 17.5 Å². The van der Waals surface area contributed by atoms with Crippen molar-refractivity contribution in [2.45, 2.75) is 26.2 Å². The molecule has 0 fully saturated rings. The molecule has 0 aliphatic carbocycles. The fourth-order valence-electron chi connectivity index (χ4n) is 1.60. The smallest absolute Gasteiger partial charge is 0.138 e. The molecular formula is C14H16BrClN4. The molecule has 0 saturated heterocycles. The van der Waals surface area contributed by atoms with E-state index in [1.54, 1.807) is 6.07 Å². The van der Waals surface area contributed by atoms with E-state index in [-0.39, 0.29) is 5.41 Å². The van der Waals surface area contributed by atoms with Crippen molar-refractivity contribution in [3.63, 3.8) is 0 Å². The quantitative estimate of drug-likeness (QED) is 0.831. The molecule has 0 unspecified atom stereocenters. The number of hydrogen-bond donors (Lipinski definition) is 2. The van der Waals surface area contributed by atoms with Gasteiger partial charge in [0.25, 0.3) is 0 Å². The number of aromatic nitrogens is 2. The van der Waals surface area contributed by atoms with Gasteiger partial charge in [0, 0.05) is 16.0 Å². The predicted molar refractivity (Wildman–Crippen MR) is 87.6 cm³/mol. The summed E-state index contributed by atoms with van der Waals surface area (Å²) in [7, 11) is 0. The van der Waals surface area contributed by atoms with Crippen molar-refractivity contribution in [1.29, 1.82) is 0 Å². The van der Waals surface area contributed by atoms with Crippen LogP contribution in [0.1, 0.15) is 26.6 Å². The second kappa shape index (κ2) is 5.58. The van der Waals surface area contributed by atoms with Crippen LogP contribution in [0.2, 0.25) is 5.02 Å². The van der Waals surface area contributed by atoms with E-state index in [0.717, 1.165) is 10.2 Å². The fraction of sp³-hybridized carbons (Fsp3) is 0.286. The minimum atomic E-state index is -0.174. The second-order valence-electron chi connectivity index (χ2n) is 5.50. The molecular weight excluding hydrogens is 340 g/mol. The van der Waals surface area contributed by atoms with Crippen molar-refractivity contribution in [2.24, 2.45) is 0 Å². The standard InChI is InChI=1S/C14H16BrClN4/c1-14(2,3)13-19-11(17)7-12(20-13)18-10-6-8(15)4-5-9(10)16/h4-7H,1-3H3,(H3,17,18,19,20). The first-order valence-corrected chi connectivity index (χ1v) is 7.30. The maximum Gasteiger partial charge on any atom is 0.138 e. The first-order chi connectivity index (χ1) is 9.25. The molecule has 106 valence electrons. The van der Waals surface area contributed by atoms with E-state index >= 15 is 0 Å². The van der Waals surface area contributed by atoms with Gasteiger partial charge in [-0.3, -0.25) is 0 Å². The van der Waals surface area contributed by atoms with Crippen LogP contribution in [0, 0.1) is 0 Å². The number of nitrogens with two attached hydrogens (primary N) is 1. The van der Waals surface area contributed by atoms with Crippen LogP contribution in [0.5, 0.6) is 0 Å². The summed E-state index contributed by atoms with van der Waals surface area (Å²) in [6.45, 7) is 6.12. The summed E-state index contributed by atoms with van der Waals surface area (Å²) in [6, 6.07) is 7.26. The van der Waals surface area contributed by atoms with Crippen LogP contribution in [-0.2, 0) is 5.41 Å². The lowest BCUT2D eigenvalue weighted by Crippen LogP contribution is -2.17. The molecule has 0 saturated carbocycles. The van der Waals surface area contributed by atoms with Gasteiger partial charge in [-0.15, -0.1) is 0 Å². The summed E-state index contributed by atoms with van der Waals surface area (Å²) in [5.74, 6) is 1.74. The Labute approximate surface area is 131 Å². The molecule has 1 aromatic heterocycles. The minimum absolute atomic E-state index is 0.174. The summed E-state index contributed by atoms with van der Waals surface area (Å²) in [5.41, 5.74) is 6.43. The fourth-order valence-corrected chi connectivity index (χ4v) is 2.12. The summed E-state index contributed by atoms with van der Waals surface area (Å²) in [5, 5.41) is 3.79. The van der Waals surface area contributed by atoms with Crippen molar-refractivity contribution < 1.29 is 0 Å². The Bertz CT molecular complexity index is 638. The Morgan fingerprint density at radius 2 is 1.90 bits per heavy atom. The average Bonchev–Trinajstić information content (AvgIpc) is 2.32. The molecule has 0 spiro atoms. The lowest BCUT2D eigenvalue weighted by molar-refractivity contribution is 0.547. The summed E-state index contributed by atoms with van der Waals surface area (Å²) in [6.07, 6.45) is 0. The van der Waals surface area contributed by atoms with Crippen molar-refractivity contribution >= 4 is 44.9 Å². The molecule has 6 heteroatoms. The third-order valence-corrected chi connectivity index (χ3v) is 3.43. The van der Waals surface area contributed by atoms with Gasteiger partial charge >= 0.3 is 0 Å². The Balaban J connectivity index is 2.39. The average molecular weight is 356 g/mol. The van der Waals surface area contributed by atoms with Gasteiger partial charge in [0.05, 0.1) is 10.7 Å². The van der Waals surface area contributed by atoms with Gasteiger partial charge < -0.3 is 11.1 Å². The van der Waals surface area contributed by atoms with E-state index in [1.807, 2.05) is 39.0 Å². The number of nitrogens with one attached hydrogen (secondary N) is 1. The number of halogens is 2. The van der Waals surface area contributed by atoms with E-state index < -0.39 is 0 Å². The highest BCUT2D eigenvalue weighted by atomic mass is 79.9. The van der Waals surface area contributed by atoms with Crippen LogP contribution in [-0.4, -0.2) is 9.97 Å². The van der Waals surface area contributed by atoms with E-state index in [4.69, 9.17) is 17.3 Å². The lowest BCUT2D eigenvalue weighted by Gasteiger charge is -2.18. The topological polar surface area (TPSA) is 63.8 Å². The second-order valence-corrected chi connectivity index (χ2v) is 6.82. The van der Waals surface area contributed by atoms with Crippen LogP contribution < -0.4 is 11.1 Å². The van der Waals surface area contributed by atoms with Gasteiger partial charge in [-0.1, -0.05) is 48.3 Å². The zero-order valence-corrected chi connectivity index (χ0v) is 13.9. The van der Waals surface area contributed by atoms with E-state index in [2.05, 4.69) is 31.2 Å². The van der Waals surface area contributed by atoms with Gasteiger partial charge in [0.15, 0.2) is 0 Å². The first kappa shape index (κ1) is 15.1. The summed E-state index contributed by atoms with van der Waals surface area (Å²) in [4.78, 5) is 8.77. The molecule has 20 heavy (non-hydrogen) atoms. The molecule has 0 aliphatic heterocycles. The zero-order chi connectivity index (χ0) is 14.9. The van der Waals surface area contributed by atoms with Crippen molar-refractivity contribution in [1.82, 2.24) is 9.97 Å². The highest BCUT2D eigenvalue weighted by molar-refractivity contribution is 9.10. The number of benzene rings is 1. The van der Waals surface area contributed by atoms with Gasteiger partial charge in [-0.05, 0) is 18.2 Å². The Kier molecular flexibility index (Phi) is 4.20. The molecule has 0 aliphatic rings. The molecule has 0 amide bonds. The highest BCUT2D eigenvalue weighted by Crippen LogP contribution is 2.29. The molecule has 0 atom stereocenters. The maximum absolute atomic E-state index is 6.16. The van der Waals surface area contributed by atoms with Crippen LogP contribution in [0.25, 0.3) is 0 Å². The largest absolute Gasteiger partial charge is 0.384 e. The van der Waals surface area contributed by atoms with Crippen molar-refractivity contribution in [2.75, 3.05) is 11.1 Å². The molecule has 3 N–H and O–H groups in total. The van der Waals surface area contributed by atoms with Crippen LogP contribution in [0.15, 0.2) is 28.7 Å². The lowest BCUT2D eigenvalue weighted by atomic mass is 9.96.